The van der Waals surface area contributed by atoms with Crippen molar-refractivity contribution in [1.82, 2.24) is 10.2 Å². The maximum absolute atomic E-state index is 11.9. The maximum Gasteiger partial charge on any atom is 0.223 e. The zero-order chi connectivity index (χ0) is 14.5. The average molecular weight is 273 g/mol. The molecule has 0 fully saturated rings. The Balaban J connectivity index is 2.23. The number of nitrogens with zero attached hydrogens (tertiary/aromatic N) is 1. The summed E-state index contributed by atoms with van der Waals surface area (Å²) in [7, 11) is 0. The number of nitrogens with one attached hydrogen (secondary N) is 1. The Morgan fingerprint density at radius 1 is 1.35 bits per heavy atom. The lowest BCUT2D eigenvalue weighted by Gasteiger charge is -2.32. The van der Waals surface area contributed by atoms with Gasteiger partial charge in [0.2, 0.25) is 11.8 Å². The molecular weight excluding hydrogens is 254 g/mol. The second kappa shape index (κ2) is 6.34. The summed E-state index contributed by atoms with van der Waals surface area (Å²) < 4.78 is 0. The molecule has 2 amide bonds. The van der Waals surface area contributed by atoms with E-state index < -0.39 is 0 Å². The van der Waals surface area contributed by atoms with Gasteiger partial charge in [0, 0.05) is 26.2 Å². The molecule has 106 valence electrons. The van der Waals surface area contributed by atoms with Crippen LogP contribution in [-0.2, 0) is 9.59 Å². The molecular formula is C15H19N3O2. The van der Waals surface area contributed by atoms with Gasteiger partial charge in [-0.3, -0.25) is 9.59 Å². The van der Waals surface area contributed by atoms with Crippen LogP contribution >= 0.6 is 0 Å². The van der Waals surface area contributed by atoms with Gasteiger partial charge in [-0.1, -0.05) is 24.3 Å². The molecule has 0 radical (unpaired) electrons. The van der Waals surface area contributed by atoms with Crippen LogP contribution in [0.4, 0.5) is 0 Å². The van der Waals surface area contributed by atoms with Crippen LogP contribution in [0.2, 0.25) is 0 Å². The monoisotopic (exact) mass is 273 g/mol. The minimum Gasteiger partial charge on any atom is -0.355 e. The molecule has 1 aromatic rings. The number of fused-ring (bicyclic) bond motifs is 1. The summed E-state index contributed by atoms with van der Waals surface area (Å²) in [6, 6.07) is 7.54. The predicted octanol–water partition coefficient (Wildman–Crippen LogP) is 1.03. The molecule has 5 nitrogen and oxygen atoms in total. The summed E-state index contributed by atoms with van der Waals surface area (Å²) in [5.41, 5.74) is 7.41. The van der Waals surface area contributed by atoms with E-state index in [1.807, 2.05) is 30.3 Å². The lowest BCUT2D eigenvalue weighted by molar-refractivity contribution is -0.129. The van der Waals surface area contributed by atoms with Crippen LogP contribution in [0.15, 0.2) is 30.5 Å². The molecule has 1 heterocycles. The van der Waals surface area contributed by atoms with E-state index >= 15 is 0 Å². The van der Waals surface area contributed by atoms with Crippen LogP contribution < -0.4 is 11.1 Å². The van der Waals surface area contributed by atoms with Crippen molar-refractivity contribution < 1.29 is 9.59 Å². The number of hydrogen-bond donors (Lipinski definition) is 2. The summed E-state index contributed by atoms with van der Waals surface area (Å²) >= 11 is 0. The maximum atomic E-state index is 11.9. The zero-order valence-corrected chi connectivity index (χ0v) is 11.5. The van der Waals surface area contributed by atoms with Gasteiger partial charge < -0.3 is 16.0 Å². The number of amides is 2. The van der Waals surface area contributed by atoms with Crippen molar-refractivity contribution in [3.05, 3.63) is 41.6 Å². The first kappa shape index (κ1) is 14.3. The standard InChI is InChI=1S/C15H19N3O2/c1-11(19)18-9-6-12-4-2-3-5-13(12)14(18)10-15(20)17-8-7-16/h2-6,9,14H,7-8,10,16H2,1H3,(H,17,20). The Kier molecular flexibility index (Phi) is 4.53. The van der Waals surface area contributed by atoms with Crippen molar-refractivity contribution in [3.63, 3.8) is 0 Å². The van der Waals surface area contributed by atoms with E-state index in [1.54, 1.807) is 11.1 Å². The highest BCUT2D eigenvalue weighted by Crippen LogP contribution is 2.32. The summed E-state index contributed by atoms with van der Waals surface area (Å²) in [5.74, 6) is -0.177. The topological polar surface area (TPSA) is 75.4 Å². The molecule has 0 saturated carbocycles. The predicted molar refractivity (Wildman–Crippen MR) is 77.4 cm³/mol. The van der Waals surface area contributed by atoms with Crippen LogP contribution in [0.25, 0.3) is 6.08 Å². The van der Waals surface area contributed by atoms with Crippen LogP contribution in [-0.4, -0.2) is 29.8 Å². The fourth-order valence-electron chi connectivity index (χ4n) is 2.37. The van der Waals surface area contributed by atoms with Gasteiger partial charge in [-0.2, -0.15) is 0 Å². The van der Waals surface area contributed by atoms with Crippen LogP contribution in [0.3, 0.4) is 0 Å². The van der Waals surface area contributed by atoms with Gasteiger partial charge >= 0.3 is 0 Å². The zero-order valence-electron chi connectivity index (χ0n) is 11.5. The highest BCUT2D eigenvalue weighted by Gasteiger charge is 2.27. The fraction of sp³-hybridized carbons (Fsp3) is 0.333. The van der Waals surface area contributed by atoms with Gasteiger partial charge in [-0.25, -0.2) is 0 Å². The molecule has 1 unspecified atom stereocenters. The van der Waals surface area contributed by atoms with Crippen LogP contribution in [0, 0.1) is 0 Å². The first-order valence-corrected chi connectivity index (χ1v) is 6.66. The van der Waals surface area contributed by atoms with Crippen LogP contribution in [0.5, 0.6) is 0 Å². The smallest absolute Gasteiger partial charge is 0.223 e. The second-order valence-corrected chi connectivity index (χ2v) is 4.73. The number of benzene rings is 1. The molecule has 1 aliphatic heterocycles. The minimum atomic E-state index is -0.258. The second-order valence-electron chi connectivity index (χ2n) is 4.73. The van der Waals surface area contributed by atoms with Gasteiger partial charge in [0.25, 0.3) is 0 Å². The van der Waals surface area contributed by atoms with E-state index in [1.165, 1.54) is 6.92 Å². The Hall–Kier alpha value is -2.14. The van der Waals surface area contributed by atoms with Crippen molar-refractivity contribution in [2.24, 2.45) is 5.73 Å². The molecule has 20 heavy (non-hydrogen) atoms. The molecule has 3 N–H and O–H groups in total. The van der Waals surface area contributed by atoms with Crippen molar-refractivity contribution in [2.75, 3.05) is 13.1 Å². The number of carbonyl (C=O) groups excluding carboxylic acids is 2. The molecule has 0 aliphatic carbocycles. The van der Waals surface area contributed by atoms with Crippen molar-refractivity contribution in [1.29, 1.82) is 0 Å². The molecule has 2 rings (SSSR count). The van der Waals surface area contributed by atoms with Gasteiger partial charge in [0.05, 0.1) is 12.5 Å². The number of carbonyl (C=O) groups is 2. The molecule has 0 spiro atoms. The highest BCUT2D eigenvalue weighted by atomic mass is 16.2. The van der Waals surface area contributed by atoms with E-state index in [0.29, 0.717) is 13.1 Å². The Bertz CT molecular complexity index is 540. The lowest BCUT2D eigenvalue weighted by atomic mass is 9.93. The van der Waals surface area contributed by atoms with Crippen molar-refractivity contribution in [3.8, 4) is 0 Å². The minimum absolute atomic E-state index is 0.0765. The van der Waals surface area contributed by atoms with Crippen molar-refractivity contribution in [2.45, 2.75) is 19.4 Å². The Labute approximate surface area is 118 Å². The Morgan fingerprint density at radius 3 is 2.80 bits per heavy atom. The van der Waals surface area contributed by atoms with Gasteiger partial charge in [-0.15, -0.1) is 0 Å². The summed E-state index contributed by atoms with van der Waals surface area (Å²) in [6.07, 6.45) is 3.87. The lowest BCUT2D eigenvalue weighted by Crippen LogP contribution is -2.36. The third-order valence-electron chi connectivity index (χ3n) is 3.31. The first-order valence-electron chi connectivity index (χ1n) is 6.66. The van der Waals surface area contributed by atoms with E-state index in [4.69, 9.17) is 5.73 Å². The highest BCUT2D eigenvalue weighted by molar-refractivity contribution is 5.81. The van der Waals surface area contributed by atoms with Gasteiger partial charge in [0.15, 0.2) is 0 Å². The molecule has 1 atom stereocenters. The SMILES string of the molecule is CC(=O)N1C=Cc2ccccc2C1CC(=O)NCCN. The third kappa shape index (κ3) is 3.05. The Morgan fingerprint density at radius 2 is 2.10 bits per heavy atom. The van der Waals surface area contributed by atoms with E-state index in [-0.39, 0.29) is 24.3 Å². The largest absolute Gasteiger partial charge is 0.355 e. The molecule has 0 aromatic heterocycles. The van der Waals surface area contributed by atoms with E-state index in [0.717, 1.165) is 11.1 Å². The van der Waals surface area contributed by atoms with E-state index in [2.05, 4.69) is 5.32 Å². The fourth-order valence-corrected chi connectivity index (χ4v) is 2.37. The quantitative estimate of drug-likeness (QED) is 0.860. The summed E-state index contributed by atoms with van der Waals surface area (Å²) in [4.78, 5) is 25.3. The third-order valence-corrected chi connectivity index (χ3v) is 3.31. The molecule has 1 aliphatic rings. The number of nitrogens with two attached hydrogens (primary N) is 1. The van der Waals surface area contributed by atoms with Gasteiger partial charge in [0.1, 0.15) is 0 Å². The molecule has 5 heteroatoms. The molecule has 0 saturated heterocycles. The molecule has 0 bridgehead atoms. The number of rotatable bonds is 4. The number of hydrogen-bond acceptors (Lipinski definition) is 3. The summed E-state index contributed by atoms with van der Waals surface area (Å²) in [5, 5.41) is 2.74. The van der Waals surface area contributed by atoms with Crippen molar-refractivity contribution >= 4 is 17.9 Å². The normalized spacial score (nSPS) is 16.7. The summed E-state index contributed by atoms with van der Waals surface area (Å²) in [6.45, 7) is 2.36. The first-order chi connectivity index (χ1) is 9.63. The average Bonchev–Trinajstić information content (AvgIpc) is 2.45. The van der Waals surface area contributed by atoms with Crippen LogP contribution in [0.1, 0.15) is 30.5 Å². The van der Waals surface area contributed by atoms with Gasteiger partial charge in [-0.05, 0) is 17.2 Å². The molecule has 1 aromatic carbocycles. The van der Waals surface area contributed by atoms with E-state index in [9.17, 15) is 9.59 Å².